The molecule has 0 radical (unpaired) electrons. The zero-order chi connectivity index (χ0) is 23.2. The minimum Gasteiger partial charge on any atom is -0.341 e. The first-order valence-corrected chi connectivity index (χ1v) is 11.3. The number of fused-ring (bicyclic) bond motifs is 2. The second-order valence-corrected chi connectivity index (χ2v) is 8.59. The molecule has 9 heteroatoms. The van der Waals surface area contributed by atoms with Crippen LogP contribution in [0, 0.1) is 0 Å². The van der Waals surface area contributed by atoms with Gasteiger partial charge in [-0.2, -0.15) is 5.10 Å². The van der Waals surface area contributed by atoms with Crippen LogP contribution in [0.1, 0.15) is 43.1 Å². The molecule has 0 bridgehead atoms. The molecule has 1 fully saturated rings. The summed E-state index contributed by atoms with van der Waals surface area (Å²) in [4.78, 5) is 47.3. The van der Waals surface area contributed by atoms with Crippen molar-refractivity contribution in [2.24, 2.45) is 0 Å². The van der Waals surface area contributed by atoms with Gasteiger partial charge < -0.3 is 15.1 Å². The van der Waals surface area contributed by atoms with Gasteiger partial charge in [-0.05, 0) is 32.0 Å². The van der Waals surface area contributed by atoms with Crippen LogP contribution in [0.2, 0.25) is 0 Å². The van der Waals surface area contributed by atoms with Crippen LogP contribution >= 0.6 is 0 Å². The molecule has 2 aliphatic heterocycles. The van der Waals surface area contributed by atoms with E-state index in [9.17, 15) is 14.4 Å². The van der Waals surface area contributed by atoms with Crippen molar-refractivity contribution in [2.75, 3.05) is 24.5 Å². The molecular weight excluding hydrogens is 420 g/mol. The maximum absolute atomic E-state index is 13.3. The Labute approximate surface area is 191 Å². The maximum Gasteiger partial charge on any atom is 0.275 e. The molecule has 1 atom stereocenters. The average molecular weight is 447 g/mol. The summed E-state index contributed by atoms with van der Waals surface area (Å²) in [6, 6.07) is 10.0. The largest absolute Gasteiger partial charge is 0.341 e. The Hall–Kier alpha value is -3.75. The zero-order valence-corrected chi connectivity index (χ0v) is 18.7. The van der Waals surface area contributed by atoms with Crippen LogP contribution in [0.15, 0.2) is 53.6 Å². The Morgan fingerprint density at radius 2 is 1.91 bits per heavy atom. The Bertz CT molecular complexity index is 1290. The van der Waals surface area contributed by atoms with E-state index in [0.717, 1.165) is 5.39 Å². The lowest BCUT2D eigenvalue weighted by atomic mass is 9.91. The lowest BCUT2D eigenvalue weighted by Crippen LogP contribution is -2.68. The topological polar surface area (TPSA) is 100 Å². The fourth-order valence-corrected chi connectivity index (χ4v) is 5.03. The highest BCUT2D eigenvalue weighted by atomic mass is 16.2. The summed E-state index contributed by atoms with van der Waals surface area (Å²) in [5.74, 6) is 0.394. The molecule has 2 aromatic heterocycles. The van der Waals surface area contributed by atoms with E-state index < -0.39 is 11.7 Å². The van der Waals surface area contributed by atoms with Crippen LogP contribution in [0.4, 0.5) is 5.82 Å². The standard InChI is InChI=1S/C24H26N6O3/c1-3-29-20-19(9-6-12-25-20)21(31)27-24(29)10-13-28(14-11-24)22(32)16(2)30-23(33)18-8-5-4-7-17(18)15-26-30/h4-9,12,15-16H,3,10-11,13-14H2,1-2H3,(H,27,31)/t16-/m0/s1. The van der Waals surface area contributed by atoms with Gasteiger partial charge in [-0.1, -0.05) is 18.2 Å². The number of carbonyl (C=O) groups excluding carboxylic acids is 2. The van der Waals surface area contributed by atoms with Crippen LogP contribution < -0.4 is 15.8 Å². The first-order valence-electron chi connectivity index (χ1n) is 11.3. The number of carbonyl (C=O) groups is 2. The van der Waals surface area contributed by atoms with Gasteiger partial charge in [0.1, 0.15) is 17.5 Å². The molecule has 33 heavy (non-hydrogen) atoms. The second-order valence-electron chi connectivity index (χ2n) is 8.59. The molecule has 1 spiro atoms. The summed E-state index contributed by atoms with van der Waals surface area (Å²) >= 11 is 0. The highest BCUT2D eigenvalue weighted by Crippen LogP contribution is 2.36. The highest BCUT2D eigenvalue weighted by molar-refractivity contribution is 6.01. The van der Waals surface area contributed by atoms with E-state index in [1.165, 1.54) is 4.68 Å². The smallest absolute Gasteiger partial charge is 0.275 e. The van der Waals surface area contributed by atoms with Crippen LogP contribution in [0.5, 0.6) is 0 Å². The number of rotatable bonds is 3. The van der Waals surface area contributed by atoms with Crippen molar-refractivity contribution < 1.29 is 9.59 Å². The summed E-state index contributed by atoms with van der Waals surface area (Å²) < 4.78 is 1.26. The lowest BCUT2D eigenvalue weighted by Gasteiger charge is -2.52. The third-order valence-corrected chi connectivity index (χ3v) is 6.81. The number of hydrogen-bond acceptors (Lipinski definition) is 6. The van der Waals surface area contributed by atoms with Gasteiger partial charge >= 0.3 is 0 Å². The highest BCUT2D eigenvalue weighted by Gasteiger charge is 2.46. The molecule has 1 aromatic carbocycles. The first-order chi connectivity index (χ1) is 15.9. The number of pyridine rings is 1. The second kappa shape index (κ2) is 7.99. The number of piperidine rings is 1. The molecule has 3 aromatic rings. The quantitative estimate of drug-likeness (QED) is 0.660. The molecule has 0 aliphatic carbocycles. The zero-order valence-electron chi connectivity index (χ0n) is 18.7. The Kier molecular flexibility index (Phi) is 5.11. The molecule has 0 unspecified atom stereocenters. The molecular formula is C24H26N6O3. The fraction of sp³-hybridized carbons (Fsp3) is 0.375. The van der Waals surface area contributed by atoms with Crippen molar-refractivity contribution >= 4 is 28.4 Å². The Balaban J connectivity index is 1.36. The summed E-state index contributed by atoms with van der Waals surface area (Å²) in [5, 5.41) is 8.72. The maximum atomic E-state index is 13.3. The summed E-state index contributed by atoms with van der Waals surface area (Å²) in [7, 11) is 0. The molecule has 9 nitrogen and oxygen atoms in total. The van der Waals surface area contributed by atoms with Gasteiger partial charge in [-0.3, -0.25) is 14.4 Å². The number of hydrogen-bond donors (Lipinski definition) is 1. The first kappa shape index (κ1) is 21.1. The van der Waals surface area contributed by atoms with E-state index in [2.05, 4.69) is 20.3 Å². The van der Waals surface area contributed by atoms with Crippen molar-refractivity contribution in [2.45, 2.75) is 38.4 Å². The third-order valence-electron chi connectivity index (χ3n) is 6.81. The summed E-state index contributed by atoms with van der Waals surface area (Å²) in [6.45, 7) is 5.35. The van der Waals surface area contributed by atoms with Gasteiger partial charge in [-0.25, -0.2) is 9.67 Å². The number of anilines is 1. The Morgan fingerprint density at radius 1 is 1.15 bits per heavy atom. The predicted octanol–water partition coefficient (Wildman–Crippen LogP) is 1.94. The normalized spacial score (nSPS) is 18.2. The molecule has 4 heterocycles. The van der Waals surface area contributed by atoms with E-state index in [-0.39, 0.29) is 17.4 Å². The average Bonchev–Trinajstić information content (AvgIpc) is 2.84. The van der Waals surface area contributed by atoms with Gasteiger partial charge in [-0.15, -0.1) is 0 Å². The SMILES string of the molecule is CCN1c2ncccc2C(=O)NC12CCN(C(=O)[C@H](C)n1ncc3ccccc3c1=O)CC2. The Morgan fingerprint density at radius 3 is 2.67 bits per heavy atom. The number of benzene rings is 1. The van der Waals surface area contributed by atoms with E-state index in [4.69, 9.17) is 0 Å². The molecule has 1 N–H and O–H groups in total. The van der Waals surface area contributed by atoms with E-state index >= 15 is 0 Å². The number of aromatic nitrogens is 3. The van der Waals surface area contributed by atoms with Gasteiger partial charge in [0, 0.05) is 44.1 Å². The van der Waals surface area contributed by atoms with E-state index in [1.54, 1.807) is 48.5 Å². The van der Waals surface area contributed by atoms with Crippen molar-refractivity contribution in [1.29, 1.82) is 0 Å². The minimum atomic E-state index is -0.721. The number of likely N-dealkylation sites (tertiary alicyclic amines) is 1. The lowest BCUT2D eigenvalue weighted by molar-refractivity contribution is -0.136. The fourth-order valence-electron chi connectivity index (χ4n) is 5.03. The number of amides is 2. The predicted molar refractivity (Wildman–Crippen MR) is 124 cm³/mol. The van der Waals surface area contributed by atoms with Gasteiger partial charge in [0.05, 0.1) is 17.1 Å². The van der Waals surface area contributed by atoms with Gasteiger partial charge in [0.25, 0.3) is 11.5 Å². The summed E-state index contributed by atoms with van der Waals surface area (Å²) in [6.07, 6.45) is 4.46. The monoisotopic (exact) mass is 446 g/mol. The van der Waals surface area contributed by atoms with Crippen molar-refractivity contribution in [1.82, 2.24) is 25.0 Å². The van der Waals surface area contributed by atoms with Crippen LogP contribution in [-0.4, -0.2) is 56.8 Å². The molecule has 1 saturated heterocycles. The van der Waals surface area contributed by atoms with Crippen LogP contribution in [-0.2, 0) is 4.79 Å². The van der Waals surface area contributed by atoms with Crippen LogP contribution in [0.3, 0.4) is 0 Å². The molecule has 170 valence electrons. The van der Waals surface area contributed by atoms with Crippen molar-refractivity contribution in [3.05, 3.63) is 64.7 Å². The van der Waals surface area contributed by atoms with E-state index in [0.29, 0.717) is 49.2 Å². The number of nitrogens with zero attached hydrogens (tertiary/aromatic N) is 5. The molecule has 2 amide bonds. The van der Waals surface area contributed by atoms with Gasteiger partial charge in [0.15, 0.2) is 0 Å². The summed E-state index contributed by atoms with van der Waals surface area (Å²) in [5.41, 5.74) is -0.286. The third kappa shape index (κ3) is 3.35. The van der Waals surface area contributed by atoms with E-state index in [1.807, 2.05) is 19.1 Å². The van der Waals surface area contributed by atoms with Crippen LogP contribution in [0.25, 0.3) is 10.8 Å². The van der Waals surface area contributed by atoms with Gasteiger partial charge in [0.2, 0.25) is 5.91 Å². The molecule has 0 saturated carbocycles. The molecule has 5 rings (SSSR count). The minimum absolute atomic E-state index is 0.136. The number of nitrogens with one attached hydrogen (secondary N) is 1. The van der Waals surface area contributed by atoms with Crippen molar-refractivity contribution in [3.63, 3.8) is 0 Å². The van der Waals surface area contributed by atoms with Crippen molar-refractivity contribution in [3.8, 4) is 0 Å². The molecule has 2 aliphatic rings.